The number of H-pyrrole nitrogens is 1. The summed E-state index contributed by atoms with van der Waals surface area (Å²) in [6.07, 6.45) is 4.14. The van der Waals surface area contributed by atoms with Gasteiger partial charge in [0.05, 0.1) is 0 Å². The molecule has 1 amide bonds. The summed E-state index contributed by atoms with van der Waals surface area (Å²) in [5.41, 5.74) is 2.25. The predicted octanol–water partition coefficient (Wildman–Crippen LogP) is 1.76. The van der Waals surface area contributed by atoms with Gasteiger partial charge in [-0.2, -0.15) is 0 Å². The third kappa shape index (κ3) is 4.42. The van der Waals surface area contributed by atoms with Gasteiger partial charge in [-0.1, -0.05) is 6.07 Å². The zero-order valence-electron chi connectivity index (χ0n) is 11.8. The average molecular weight is 273 g/mol. The molecule has 5 heteroatoms. The molecule has 0 bridgehead atoms. The Balaban J connectivity index is 1.72. The summed E-state index contributed by atoms with van der Waals surface area (Å²) >= 11 is 0. The molecule has 1 aromatic heterocycles. The van der Waals surface area contributed by atoms with Gasteiger partial charge in [-0.05, 0) is 37.1 Å². The van der Waals surface area contributed by atoms with Gasteiger partial charge in [-0.3, -0.25) is 4.79 Å². The Kier molecular flexibility index (Phi) is 4.76. The van der Waals surface area contributed by atoms with E-state index in [1.54, 1.807) is 12.4 Å². The van der Waals surface area contributed by atoms with Crippen LogP contribution in [-0.4, -0.2) is 29.0 Å². The summed E-state index contributed by atoms with van der Waals surface area (Å²) < 4.78 is 5.48. The molecule has 1 heterocycles. The third-order valence-electron chi connectivity index (χ3n) is 2.80. The Morgan fingerprint density at radius 3 is 2.70 bits per heavy atom. The number of aryl methyl sites for hydroxylation is 2. The van der Waals surface area contributed by atoms with Crippen molar-refractivity contribution in [3.8, 4) is 5.75 Å². The second kappa shape index (κ2) is 6.75. The van der Waals surface area contributed by atoms with Crippen LogP contribution in [0.1, 0.15) is 17.0 Å². The van der Waals surface area contributed by atoms with Gasteiger partial charge in [0.1, 0.15) is 11.6 Å². The molecule has 0 aliphatic heterocycles. The van der Waals surface area contributed by atoms with Crippen molar-refractivity contribution in [3.63, 3.8) is 0 Å². The number of nitrogens with zero attached hydrogens (tertiary/aromatic N) is 1. The molecule has 1 aromatic carbocycles. The minimum atomic E-state index is -0.129. The van der Waals surface area contributed by atoms with Crippen LogP contribution >= 0.6 is 0 Å². The quantitative estimate of drug-likeness (QED) is 0.843. The number of aromatic amines is 1. The maximum Gasteiger partial charge on any atom is 0.257 e. The van der Waals surface area contributed by atoms with E-state index in [-0.39, 0.29) is 12.5 Å². The molecule has 0 saturated heterocycles. The van der Waals surface area contributed by atoms with E-state index in [9.17, 15) is 4.79 Å². The molecule has 2 aromatic rings. The molecule has 0 fully saturated rings. The van der Waals surface area contributed by atoms with Gasteiger partial charge in [-0.25, -0.2) is 4.98 Å². The highest BCUT2D eigenvalue weighted by atomic mass is 16.5. The highest BCUT2D eigenvalue weighted by molar-refractivity contribution is 5.77. The van der Waals surface area contributed by atoms with Crippen molar-refractivity contribution in [1.82, 2.24) is 15.3 Å². The Morgan fingerprint density at radius 2 is 2.05 bits per heavy atom. The lowest BCUT2D eigenvalue weighted by molar-refractivity contribution is -0.123. The summed E-state index contributed by atoms with van der Waals surface area (Å²) in [5.74, 6) is 1.46. The zero-order valence-corrected chi connectivity index (χ0v) is 11.8. The molecule has 0 unspecified atom stereocenters. The Morgan fingerprint density at radius 1 is 1.30 bits per heavy atom. The Labute approximate surface area is 118 Å². The van der Waals surface area contributed by atoms with Crippen molar-refractivity contribution >= 4 is 5.91 Å². The van der Waals surface area contributed by atoms with E-state index in [4.69, 9.17) is 4.74 Å². The highest BCUT2D eigenvalue weighted by Crippen LogP contribution is 2.15. The average Bonchev–Trinajstić information content (AvgIpc) is 2.88. The standard InChI is InChI=1S/C15H19N3O2/c1-11-7-12(2)9-13(8-11)20-10-15(19)18-4-3-14-16-5-6-17-14/h5-9H,3-4,10H2,1-2H3,(H,16,17)(H,18,19). The summed E-state index contributed by atoms with van der Waals surface area (Å²) in [6.45, 7) is 4.58. The van der Waals surface area contributed by atoms with Gasteiger partial charge in [0.25, 0.3) is 5.91 Å². The van der Waals surface area contributed by atoms with Crippen molar-refractivity contribution in [1.29, 1.82) is 0 Å². The molecule has 2 N–H and O–H groups in total. The molecule has 0 saturated carbocycles. The second-order valence-corrected chi connectivity index (χ2v) is 4.75. The first-order valence-corrected chi connectivity index (χ1v) is 6.59. The molecule has 0 atom stereocenters. The minimum absolute atomic E-state index is 0.0288. The van der Waals surface area contributed by atoms with Gasteiger partial charge in [0, 0.05) is 25.4 Å². The van der Waals surface area contributed by atoms with Crippen LogP contribution in [0.5, 0.6) is 5.75 Å². The minimum Gasteiger partial charge on any atom is -0.484 e. The lowest BCUT2D eigenvalue weighted by Gasteiger charge is -2.08. The normalized spacial score (nSPS) is 10.3. The van der Waals surface area contributed by atoms with Crippen molar-refractivity contribution in [3.05, 3.63) is 47.5 Å². The number of hydrogen-bond acceptors (Lipinski definition) is 3. The maximum atomic E-state index is 11.6. The molecule has 20 heavy (non-hydrogen) atoms. The number of imidazole rings is 1. The van der Waals surface area contributed by atoms with Crippen LogP contribution in [0.4, 0.5) is 0 Å². The molecule has 106 valence electrons. The van der Waals surface area contributed by atoms with E-state index in [2.05, 4.69) is 21.4 Å². The van der Waals surface area contributed by atoms with Gasteiger partial charge < -0.3 is 15.0 Å². The van der Waals surface area contributed by atoms with Crippen LogP contribution in [0.15, 0.2) is 30.6 Å². The number of nitrogens with one attached hydrogen (secondary N) is 2. The first-order valence-electron chi connectivity index (χ1n) is 6.59. The van der Waals surface area contributed by atoms with Crippen LogP contribution in [0.2, 0.25) is 0 Å². The first kappa shape index (κ1) is 14.1. The highest BCUT2D eigenvalue weighted by Gasteiger charge is 2.04. The number of carbonyl (C=O) groups excluding carboxylic acids is 1. The first-order chi connectivity index (χ1) is 9.63. The van der Waals surface area contributed by atoms with Crippen molar-refractivity contribution < 1.29 is 9.53 Å². The summed E-state index contributed by atoms with van der Waals surface area (Å²) in [6, 6.07) is 5.91. The zero-order chi connectivity index (χ0) is 14.4. The third-order valence-corrected chi connectivity index (χ3v) is 2.80. The van der Waals surface area contributed by atoms with E-state index in [1.165, 1.54) is 0 Å². The summed E-state index contributed by atoms with van der Waals surface area (Å²) in [7, 11) is 0. The fraction of sp³-hybridized carbons (Fsp3) is 0.333. The number of amides is 1. The van der Waals surface area contributed by atoms with Crippen molar-refractivity contribution in [2.45, 2.75) is 20.3 Å². The fourth-order valence-electron chi connectivity index (χ4n) is 1.97. The number of carbonyl (C=O) groups is 1. The monoisotopic (exact) mass is 273 g/mol. The Bertz CT molecular complexity index is 544. The molecule has 0 spiro atoms. The largest absolute Gasteiger partial charge is 0.484 e. The van der Waals surface area contributed by atoms with Crippen LogP contribution in [0, 0.1) is 13.8 Å². The van der Waals surface area contributed by atoms with Crippen molar-refractivity contribution in [2.24, 2.45) is 0 Å². The smallest absolute Gasteiger partial charge is 0.257 e. The molecular formula is C15H19N3O2. The molecule has 0 aliphatic rings. The van der Waals surface area contributed by atoms with Crippen LogP contribution in [0.25, 0.3) is 0 Å². The van der Waals surface area contributed by atoms with Crippen molar-refractivity contribution in [2.75, 3.05) is 13.2 Å². The maximum absolute atomic E-state index is 11.6. The van der Waals surface area contributed by atoms with E-state index in [0.717, 1.165) is 22.7 Å². The number of ether oxygens (including phenoxy) is 1. The van der Waals surface area contributed by atoms with Gasteiger partial charge in [-0.15, -0.1) is 0 Å². The van der Waals surface area contributed by atoms with E-state index < -0.39 is 0 Å². The topological polar surface area (TPSA) is 67.0 Å². The molecule has 0 radical (unpaired) electrons. The van der Waals surface area contributed by atoms with Crippen LogP contribution in [-0.2, 0) is 11.2 Å². The number of hydrogen-bond donors (Lipinski definition) is 2. The Hall–Kier alpha value is -2.30. The molecule has 5 nitrogen and oxygen atoms in total. The fourth-order valence-corrected chi connectivity index (χ4v) is 1.97. The van der Waals surface area contributed by atoms with E-state index in [0.29, 0.717) is 13.0 Å². The lowest BCUT2D eigenvalue weighted by atomic mass is 10.1. The molecule has 0 aliphatic carbocycles. The summed E-state index contributed by atoms with van der Waals surface area (Å²) in [4.78, 5) is 18.7. The predicted molar refractivity (Wildman–Crippen MR) is 76.7 cm³/mol. The molecular weight excluding hydrogens is 254 g/mol. The number of benzene rings is 1. The second-order valence-electron chi connectivity index (χ2n) is 4.75. The van der Waals surface area contributed by atoms with E-state index in [1.807, 2.05) is 26.0 Å². The lowest BCUT2D eigenvalue weighted by Crippen LogP contribution is -2.30. The van der Waals surface area contributed by atoms with Gasteiger partial charge >= 0.3 is 0 Å². The van der Waals surface area contributed by atoms with Crippen LogP contribution < -0.4 is 10.1 Å². The number of rotatable bonds is 6. The van der Waals surface area contributed by atoms with Gasteiger partial charge in [0.2, 0.25) is 0 Å². The molecule has 2 rings (SSSR count). The van der Waals surface area contributed by atoms with E-state index >= 15 is 0 Å². The SMILES string of the molecule is Cc1cc(C)cc(OCC(=O)NCCc2ncc[nH]2)c1. The van der Waals surface area contributed by atoms with Gasteiger partial charge in [0.15, 0.2) is 6.61 Å². The van der Waals surface area contributed by atoms with Crippen LogP contribution in [0.3, 0.4) is 0 Å². The summed E-state index contributed by atoms with van der Waals surface area (Å²) in [5, 5.41) is 2.80. The number of aromatic nitrogens is 2.